The van der Waals surface area contributed by atoms with Crippen molar-refractivity contribution in [3.8, 4) is 22.8 Å². The maximum Gasteiger partial charge on any atom is 0.257 e. The summed E-state index contributed by atoms with van der Waals surface area (Å²) in [7, 11) is 4.07. The van der Waals surface area contributed by atoms with Gasteiger partial charge in [-0.05, 0) is 93.7 Å². The van der Waals surface area contributed by atoms with Crippen molar-refractivity contribution in [3.05, 3.63) is 102 Å². The molecule has 1 aliphatic carbocycles. The topological polar surface area (TPSA) is 99.2 Å². The van der Waals surface area contributed by atoms with Gasteiger partial charge in [-0.1, -0.05) is 42.5 Å². The highest BCUT2D eigenvalue weighted by atomic mass is 19.1. The van der Waals surface area contributed by atoms with E-state index in [0.29, 0.717) is 25.1 Å². The number of amides is 2. The molecule has 9 nitrogen and oxygen atoms in total. The highest BCUT2D eigenvalue weighted by molar-refractivity contribution is 6.00. The van der Waals surface area contributed by atoms with E-state index in [1.165, 1.54) is 5.56 Å². The van der Waals surface area contributed by atoms with Crippen LogP contribution in [0, 0.1) is 5.82 Å². The normalized spacial score (nSPS) is 20.5. The number of hydrogen-bond acceptors (Lipinski definition) is 7. The maximum atomic E-state index is 14.3. The Labute approximate surface area is 268 Å². The highest BCUT2D eigenvalue weighted by Crippen LogP contribution is 2.29. The minimum atomic E-state index is -0.622. The number of benzene rings is 2. The van der Waals surface area contributed by atoms with Crippen LogP contribution in [0.15, 0.2) is 89.7 Å². The summed E-state index contributed by atoms with van der Waals surface area (Å²) in [5.41, 5.74) is 4.30. The van der Waals surface area contributed by atoms with Crippen molar-refractivity contribution in [2.45, 2.75) is 57.3 Å². The van der Waals surface area contributed by atoms with Crippen LogP contribution in [0.5, 0.6) is 11.6 Å². The standard InChI is InChI=1S/C36H39FN6O3/c1-23-6-4-9-33-41-32(22-43(23)33)35(45)40-29-16-14-28(15-17-29)39-34(44)31-19-27(37)20-38-36(31)46-30-8-5-7-26(18-30)25-12-10-24(11-13-25)21-42(2)3/h4-13,18-20,28-29,32H,14-17,21-22H2,1-3H3,(H,39,44)(H,40,45). The second kappa shape index (κ2) is 13.7. The number of aliphatic imine (C=N–C) groups is 1. The number of carbonyl (C=O) groups is 2. The zero-order valence-corrected chi connectivity index (χ0v) is 26.4. The van der Waals surface area contributed by atoms with Gasteiger partial charge in [0.2, 0.25) is 11.8 Å². The first kappa shape index (κ1) is 31.2. The minimum absolute atomic E-state index is 0.0110. The molecule has 3 heterocycles. The molecular weight excluding hydrogens is 583 g/mol. The number of aromatic nitrogens is 1. The number of nitrogens with zero attached hydrogens (tertiary/aromatic N) is 4. The van der Waals surface area contributed by atoms with E-state index in [4.69, 9.17) is 4.74 Å². The fourth-order valence-electron chi connectivity index (χ4n) is 6.13. The van der Waals surface area contributed by atoms with E-state index in [9.17, 15) is 14.0 Å². The van der Waals surface area contributed by atoms with Gasteiger partial charge in [-0.15, -0.1) is 0 Å². The van der Waals surface area contributed by atoms with Crippen molar-refractivity contribution in [3.63, 3.8) is 0 Å². The molecule has 2 amide bonds. The Bertz CT molecular complexity index is 1690. The zero-order chi connectivity index (χ0) is 32.2. The van der Waals surface area contributed by atoms with Crippen LogP contribution in [0.1, 0.15) is 48.5 Å². The largest absolute Gasteiger partial charge is 0.438 e. The van der Waals surface area contributed by atoms with Crippen LogP contribution in [-0.4, -0.2) is 71.2 Å². The van der Waals surface area contributed by atoms with E-state index in [-0.39, 0.29) is 29.4 Å². The number of pyridine rings is 1. The van der Waals surface area contributed by atoms with E-state index in [1.807, 2.05) is 57.4 Å². The van der Waals surface area contributed by atoms with Crippen LogP contribution >= 0.6 is 0 Å². The number of hydrogen-bond donors (Lipinski definition) is 2. The fourth-order valence-corrected chi connectivity index (χ4v) is 6.13. The molecule has 0 radical (unpaired) electrons. The van der Waals surface area contributed by atoms with Crippen molar-refractivity contribution < 1.29 is 18.7 Å². The van der Waals surface area contributed by atoms with Gasteiger partial charge in [-0.25, -0.2) is 9.37 Å². The number of fused-ring (bicyclic) bond motifs is 1. The molecule has 0 spiro atoms. The molecule has 3 aromatic rings. The van der Waals surface area contributed by atoms with Gasteiger partial charge in [0.1, 0.15) is 29.0 Å². The van der Waals surface area contributed by atoms with Gasteiger partial charge in [-0.2, -0.15) is 0 Å². The average Bonchev–Trinajstić information content (AvgIpc) is 3.49. The molecular formula is C36H39FN6O3. The third kappa shape index (κ3) is 7.34. The van der Waals surface area contributed by atoms with Crippen LogP contribution in [0.3, 0.4) is 0 Å². The van der Waals surface area contributed by atoms with Gasteiger partial charge in [0, 0.05) is 24.3 Å². The van der Waals surface area contributed by atoms with Crippen LogP contribution in [0.25, 0.3) is 11.1 Å². The van der Waals surface area contributed by atoms with E-state index in [1.54, 1.807) is 6.07 Å². The van der Waals surface area contributed by atoms with Crippen molar-refractivity contribution in [1.82, 2.24) is 25.4 Å². The zero-order valence-electron chi connectivity index (χ0n) is 26.4. The molecule has 1 aromatic heterocycles. The van der Waals surface area contributed by atoms with Gasteiger partial charge in [0.05, 0.1) is 12.7 Å². The minimum Gasteiger partial charge on any atom is -0.438 e. The Kier molecular flexibility index (Phi) is 9.25. The van der Waals surface area contributed by atoms with Gasteiger partial charge in [0.25, 0.3) is 5.91 Å². The predicted molar refractivity (Wildman–Crippen MR) is 176 cm³/mol. The number of nitrogens with one attached hydrogen (secondary N) is 2. The van der Waals surface area contributed by atoms with Crippen molar-refractivity contribution in [1.29, 1.82) is 0 Å². The fraction of sp³-hybridized carbons (Fsp3) is 0.333. The Morgan fingerprint density at radius 2 is 1.74 bits per heavy atom. The molecule has 46 heavy (non-hydrogen) atoms. The molecule has 2 aromatic carbocycles. The Morgan fingerprint density at radius 3 is 2.46 bits per heavy atom. The Hall–Kier alpha value is -4.83. The highest BCUT2D eigenvalue weighted by Gasteiger charge is 2.33. The number of rotatable bonds is 9. The van der Waals surface area contributed by atoms with Gasteiger partial charge in [-0.3, -0.25) is 14.6 Å². The lowest BCUT2D eigenvalue weighted by atomic mass is 9.90. The number of allylic oxidation sites excluding steroid dienone is 3. The summed E-state index contributed by atoms with van der Waals surface area (Å²) in [5.74, 6) is 0.201. The quantitative estimate of drug-likeness (QED) is 0.329. The number of carbonyl (C=O) groups excluding carboxylic acids is 2. The first-order chi connectivity index (χ1) is 22.2. The summed E-state index contributed by atoms with van der Waals surface area (Å²) in [4.78, 5) is 39.2. The molecule has 1 unspecified atom stereocenters. The first-order valence-corrected chi connectivity index (χ1v) is 15.7. The lowest BCUT2D eigenvalue weighted by molar-refractivity contribution is -0.123. The molecule has 10 heteroatoms. The van der Waals surface area contributed by atoms with E-state index in [0.717, 1.165) is 54.3 Å². The van der Waals surface area contributed by atoms with Gasteiger partial charge < -0.3 is 25.2 Å². The summed E-state index contributed by atoms with van der Waals surface area (Å²) in [6.45, 7) is 3.41. The van der Waals surface area contributed by atoms with Crippen molar-refractivity contribution in [2.75, 3.05) is 20.6 Å². The molecule has 1 fully saturated rings. The number of amidine groups is 1. The van der Waals surface area contributed by atoms with Crippen LogP contribution in [-0.2, 0) is 11.3 Å². The lowest BCUT2D eigenvalue weighted by Gasteiger charge is -2.30. The number of ether oxygens (including phenoxy) is 1. The van der Waals surface area contributed by atoms with Gasteiger partial charge in [0.15, 0.2) is 0 Å². The lowest BCUT2D eigenvalue weighted by Crippen LogP contribution is -2.47. The summed E-state index contributed by atoms with van der Waals surface area (Å²) in [6, 6.07) is 16.4. The van der Waals surface area contributed by atoms with Crippen molar-refractivity contribution >= 4 is 17.6 Å². The molecule has 0 saturated heterocycles. The third-order valence-corrected chi connectivity index (χ3v) is 8.54. The molecule has 3 aliphatic rings. The average molecular weight is 623 g/mol. The smallest absolute Gasteiger partial charge is 0.257 e. The molecule has 6 rings (SSSR count). The van der Waals surface area contributed by atoms with Crippen LogP contribution < -0.4 is 15.4 Å². The van der Waals surface area contributed by atoms with Crippen LogP contribution in [0.4, 0.5) is 4.39 Å². The summed E-state index contributed by atoms with van der Waals surface area (Å²) in [5, 5.41) is 6.18. The monoisotopic (exact) mass is 622 g/mol. The van der Waals surface area contributed by atoms with E-state index < -0.39 is 17.8 Å². The molecule has 1 atom stereocenters. The van der Waals surface area contributed by atoms with Crippen LogP contribution in [0.2, 0.25) is 0 Å². The Morgan fingerprint density at radius 1 is 1.00 bits per heavy atom. The van der Waals surface area contributed by atoms with E-state index >= 15 is 0 Å². The molecule has 0 bridgehead atoms. The maximum absolute atomic E-state index is 14.3. The summed E-state index contributed by atoms with van der Waals surface area (Å²) < 4.78 is 20.3. The summed E-state index contributed by atoms with van der Waals surface area (Å²) in [6.07, 6.45) is 9.72. The molecule has 238 valence electrons. The van der Waals surface area contributed by atoms with Gasteiger partial charge >= 0.3 is 0 Å². The van der Waals surface area contributed by atoms with Crippen molar-refractivity contribution in [2.24, 2.45) is 4.99 Å². The summed E-state index contributed by atoms with van der Waals surface area (Å²) >= 11 is 0. The molecule has 1 saturated carbocycles. The van der Waals surface area contributed by atoms with E-state index in [2.05, 4.69) is 54.7 Å². The third-order valence-electron chi connectivity index (χ3n) is 8.54. The first-order valence-electron chi connectivity index (χ1n) is 15.7. The molecule has 2 aliphatic heterocycles. The SMILES string of the molecule is CC1=CC=CC2=NC(C(=O)NC3CCC(NC(=O)c4cc(F)cnc4Oc4cccc(-c5ccc(CN(C)C)cc5)c4)CC3)CN12. The predicted octanol–water partition coefficient (Wildman–Crippen LogP) is 5.46. The second-order valence-electron chi connectivity index (χ2n) is 12.4. The second-order valence-corrected chi connectivity index (χ2v) is 12.4. The molecule has 2 N–H and O–H groups in total. The Balaban J connectivity index is 1.05. The number of halogens is 1.